The Bertz CT molecular complexity index is 1260. The number of likely N-dealkylation sites (tertiary alicyclic amines) is 1. The molecule has 10 nitrogen and oxygen atoms in total. The van der Waals surface area contributed by atoms with Gasteiger partial charge < -0.3 is 14.4 Å². The molecule has 1 aromatic carbocycles. The molecule has 1 saturated heterocycles. The molecule has 0 saturated carbocycles. The maximum Gasteiger partial charge on any atom is 0.258 e. The SMILES string of the molecule is COCCCn1c(NC(=O)c2cccc(C#N)c2)nc2cc(C(=O)N3CCC[C@@H]3COC)cnc21. The lowest BCUT2D eigenvalue weighted by Crippen LogP contribution is -2.38. The number of aryl methyl sites for hydroxylation is 1. The van der Waals surface area contributed by atoms with Gasteiger partial charge in [-0.15, -0.1) is 0 Å². The summed E-state index contributed by atoms with van der Waals surface area (Å²) in [6, 6.07) is 10.2. The maximum atomic E-state index is 13.2. The highest BCUT2D eigenvalue weighted by molar-refractivity contribution is 6.04. The van der Waals surface area contributed by atoms with Gasteiger partial charge in [0.05, 0.1) is 29.8 Å². The number of benzene rings is 1. The number of methoxy groups -OCH3 is 2. The van der Waals surface area contributed by atoms with E-state index in [1.54, 1.807) is 49.2 Å². The highest BCUT2D eigenvalue weighted by Crippen LogP contribution is 2.24. The number of carbonyl (C=O) groups is 2. The van der Waals surface area contributed by atoms with Crippen LogP contribution in [0.5, 0.6) is 0 Å². The van der Waals surface area contributed by atoms with Gasteiger partial charge in [-0.05, 0) is 43.5 Å². The van der Waals surface area contributed by atoms with Crippen LogP contribution in [0.1, 0.15) is 45.5 Å². The van der Waals surface area contributed by atoms with E-state index in [9.17, 15) is 9.59 Å². The summed E-state index contributed by atoms with van der Waals surface area (Å²) >= 11 is 0. The average Bonchev–Trinajstić information content (AvgIpc) is 3.48. The van der Waals surface area contributed by atoms with Crippen molar-refractivity contribution in [1.29, 1.82) is 5.26 Å². The number of carbonyl (C=O) groups excluding carboxylic acids is 2. The molecule has 1 fully saturated rings. The first-order valence-corrected chi connectivity index (χ1v) is 11.5. The minimum Gasteiger partial charge on any atom is -0.385 e. The van der Waals surface area contributed by atoms with E-state index in [-0.39, 0.29) is 17.9 Å². The van der Waals surface area contributed by atoms with Crippen molar-refractivity contribution in [3.8, 4) is 6.07 Å². The highest BCUT2D eigenvalue weighted by atomic mass is 16.5. The zero-order valence-electron chi connectivity index (χ0n) is 19.9. The van der Waals surface area contributed by atoms with Gasteiger partial charge in [0.15, 0.2) is 5.65 Å². The fourth-order valence-electron chi connectivity index (χ4n) is 4.34. The molecule has 0 aliphatic carbocycles. The quantitative estimate of drug-likeness (QED) is 0.471. The number of nitrogens with zero attached hydrogens (tertiary/aromatic N) is 5. The fourth-order valence-corrected chi connectivity index (χ4v) is 4.34. The fraction of sp³-hybridized carbons (Fsp3) is 0.400. The number of hydrogen-bond acceptors (Lipinski definition) is 7. The van der Waals surface area contributed by atoms with Gasteiger partial charge in [-0.2, -0.15) is 5.26 Å². The summed E-state index contributed by atoms with van der Waals surface area (Å²) in [6.07, 6.45) is 4.09. The molecule has 0 spiro atoms. The van der Waals surface area contributed by atoms with Gasteiger partial charge in [-0.3, -0.25) is 19.5 Å². The second-order valence-electron chi connectivity index (χ2n) is 8.40. The van der Waals surface area contributed by atoms with Gasteiger partial charge in [0.1, 0.15) is 5.52 Å². The van der Waals surface area contributed by atoms with E-state index in [1.165, 1.54) is 6.07 Å². The molecule has 2 aromatic heterocycles. The summed E-state index contributed by atoms with van der Waals surface area (Å²) in [7, 11) is 3.26. The summed E-state index contributed by atoms with van der Waals surface area (Å²) < 4.78 is 12.2. The molecule has 1 aliphatic rings. The number of pyridine rings is 1. The number of imidazole rings is 1. The Morgan fingerprint density at radius 1 is 1.23 bits per heavy atom. The van der Waals surface area contributed by atoms with Crippen LogP contribution in [0.3, 0.4) is 0 Å². The van der Waals surface area contributed by atoms with Crippen molar-refractivity contribution in [2.45, 2.75) is 31.8 Å². The van der Waals surface area contributed by atoms with Crippen molar-refractivity contribution in [2.24, 2.45) is 0 Å². The number of hydrogen-bond donors (Lipinski definition) is 1. The molecular formula is C25H28N6O4. The molecule has 3 aromatic rings. The highest BCUT2D eigenvalue weighted by Gasteiger charge is 2.30. The maximum absolute atomic E-state index is 13.2. The number of anilines is 1. The van der Waals surface area contributed by atoms with Gasteiger partial charge in [0.2, 0.25) is 5.95 Å². The summed E-state index contributed by atoms with van der Waals surface area (Å²) in [6.45, 7) is 2.22. The number of rotatable bonds is 9. The van der Waals surface area contributed by atoms with Crippen molar-refractivity contribution in [2.75, 3.05) is 39.3 Å². The van der Waals surface area contributed by atoms with Crippen LogP contribution in [-0.2, 0) is 16.0 Å². The second kappa shape index (κ2) is 11.1. The molecule has 0 bridgehead atoms. The number of ether oxygens (including phenoxy) is 2. The van der Waals surface area contributed by atoms with E-state index in [0.717, 1.165) is 12.8 Å². The smallest absolute Gasteiger partial charge is 0.258 e. The van der Waals surface area contributed by atoms with E-state index in [4.69, 9.17) is 14.7 Å². The van der Waals surface area contributed by atoms with Crippen LogP contribution in [0.25, 0.3) is 11.2 Å². The third-order valence-corrected chi connectivity index (χ3v) is 6.04. The molecule has 10 heteroatoms. The Hall–Kier alpha value is -3.81. The minimum absolute atomic E-state index is 0.0498. The van der Waals surface area contributed by atoms with Crippen LogP contribution >= 0.6 is 0 Å². The minimum atomic E-state index is -0.388. The first-order chi connectivity index (χ1) is 17.0. The van der Waals surface area contributed by atoms with Gasteiger partial charge >= 0.3 is 0 Å². The molecule has 0 unspecified atom stereocenters. The molecule has 1 N–H and O–H groups in total. The third-order valence-electron chi connectivity index (χ3n) is 6.04. The monoisotopic (exact) mass is 476 g/mol. The van der Waals surface area contributed by atoms with Crippen molar-refractivity contribution < 1.29 is 19.1 Å². The van der Waals surface area contributed by atoms with Gasteiger partial charge in [0, 0.05) is 45.7 Å². The predicted octanol–water partition coefficient (Wildman–Crippen LogP) is 2.84. The molecule has 35 heavy (non-hydrogen) atoms. The summed E-state index contributed by atoms with van der Waals surface area (Å²) in [5.74, 6) is -0.174. The van der Waals surface area contributed by atoms with Crippen LogP contribution in [0.4, 0.5) is 5.95 Å². The predicted molar refractivity (Wildman–Crippen MR) is 129 cm³/mol. The van der Waals surface area contributed by atoms with Crippen molar-refractivity contribution in [3.63, 3.8) is 0 Å². The number of fused-ring (bicyclic) bond motifs is 1. The molecular weight excluding hydrogens is 448 g/mol. The Morgan fingerprint density at radius 2 is 2.09 bits per heavy atom. The molecule has 4 rings (SSSR count). The number of aromatic nitrogens is 3. The lowest BCUT2D eigenvalue weighted by Gasteiger charge is -2.24. The van der Waals surface area contributed by atoms with E-state index in [0.29, 0.717) is 66.5 Å². The molecule has 0 radical (unpaired) electrons. The van der Waals surface area contributed by atoms with Crippen LogP contribution < -0.4 is 5.32 Å². The summed E-state index contributed by atoms with van der Waals surface area (Å²) in [4.78, 5) is 37.0. The molecule has 2 amide bonds. The molecule has 182 valence electrons. The largest absolute Gasteiger partial charge is 0.385 e. The summed E-state index contributed by atoms with van der Waals surface area (Å²) in [5.41, 5.74) is 2.26. The molecule has 1 aliphatic heterocycles. The Kier molecular flexibility index (Phi) is 7.70. The van der Waals surface area contributed by atoms with Crippen molar-refractivity contribution in [3.05, 3.63) is 53.2 Å². The van der Waals surface area contributed by atoms with E-state index in [1.807, 2.05) is 11.0 Å². The number of nitrogens with one attached hydrogen (secondary N) is 1. The van der Waals surface area contributed by atoms with E-state index >= 15 is 0 Å². The zero-order valence-corrected chi connectivity index (χ0v) is 19.9. The summed E-state index contributed by atoms with van der Waals surface area (Å²) in [5, 5.41) is 12.0. The van der Waals surface area contributed by atoms with Crippen LogP contribution in [0, 0.1) is 11.3 Å². The van der Waals surface area contributed by atoms with Crippen molar-refractivity contribution in [1.82, 2.24) is 19.4 Å². The standard InChI is InChI=1S/C25H28N6O4/c1-34-11-5-10-31-22-21(28-25(31)29-23(32)18-7-3-6-17(12-18)14-26)13-19(15-27-22)24(33)30-9-4-8-20(30)16-35-2/h3,6-7,12-13,15,20H,4-5,8-11,16H2,1-2H3,(H,28,29,32)/t20-/m1/s1. The normalized spacial score (nSPS) is 15.3. The molecule has 3 heterocycles. The lowest BCUT2D eigenvalue weighted by molar-refractivity contribution is 0.0630. The topological polar surface area (TPSA) is 122 Å². The second-order valence-corrected chi connectivity index (χ2v) is 8.40. The van der Waals surface area contributed by atoms with Crippen LogP contribution in [0.2, 0.25) is 0 Å². The van der Waals surface area contributed by atoms with Gasteiger partial charge in [-0.1, -0.05) is 6.07 Å². The molecule has 1 atom stereocenters. The van der Waals surface area contributed by atoms with Crippen LogP contribution in [-0.4, -0.2) is 71.3 Å². The Balaban J connectivity index is 1.64. The number of nitriles is 1. The lowest BCUT2D eigenvalue weighted by atomic mass is 10.1. The zero-order chi connectivity index (χ0) is 24.8. The van der Waals surface area contributed by atoms with Gasteiger partial charge in [0.25, 0.3) is 11.8 Å². The third kappa shape index (κ3) is 5.31. The van der Waals surface area contributed by atoms with Crippen LogP contribution in [0.15, 0.2) is 36.5 Å². The van der Waals surface area contributed by atoms with Gasteiger partial charge in [-0.25, -0.2) is 9.97 Å². The first-order valence-electron chi connectivity index (χ1n) is 11.5. The first kappa shape index (κ1) is 24.3. The Morgan fingerprint density at radius 3 is 2.86 bits per heavy atom. The van der Waals surface area contributed by atoms with Crippen molar-refractivity contribution >= 4 is 28.9 Å². The number of amides is 2. The van der Waals surface area contributed by atoms with E-state index in [2.05, 4.69) is 15.3 Å². The van der Waals surface area contributed by atoms with E-state index < -0.39 is 0 Å². The Labute approximate surface area is 203 Å². The average molecular weight is 477 g/mol.